The summed E-state index contributed by atoms with van der Waals surface area (Å²) in [6.07, 6.45) is -18.5. The van der Waals surface area contributed by atoms with E-state index >= 15 is 0 Å². The molecule has 0 spiro atoms. The molecule has 264 valence electrons. The smallest absolute Gasteiger partial charge is 0.176 e. The maximum atomic E-state index is 10.8. The van der Waals surface area contributed by atoms with E-state index in [1.54, 1.807) is 0 Å². The molecule has 2 aliphatic heterocycles. The van der Waals surface area contributed by atoms with E-state index in [0.717, 1.165) is 0 Å². The molecule has 0 bridgehead atoms. The zero-order valence-corrected chi connectivity index (χ0v) is 24.6. The van der Waals surface area contributed by atoms with E-state index in [-0.39, 0.29) is 12.8 Å². The highest BCUT2D eigenvalue weighted by atomic mass is 16.7. The molecule has 4 fully saturated rings. The molecule has 45 heavy (non-hydrogen) atoms. The maximum absolute atomic E-state index is 10.8. The molecule has 0 aromatic rings. The highest BCUT2D eigenvalue weighted by molar-refractivity contribution is 5.01. The van der Waals surface area contributed by atoms with Crippen molar-refractivity contribution in [1.29, 1.82) is 0 Å². The van der Waals surface area contributed by atoms with Crippen LogP contribution in [0.4, 0.5) is 0 Å². The second-order valence-corrected chi connectivity index (χ2v) is 12.3. The van der Waals surface area contributed by atoms with Crippen molar-refractivity contribution in [3.63, 3.8) is 0 Å². The Morgan fingerprint density at radius 1 is 0.489 bits per heavy atom. The van der Waals surface area contributed by atoms with Crippen molar-refractivity contribution >= 4 is 0 Å². The van der Waals surface area contributed by atoms with Crippen molar-refractivity contribution < 1.29 is 69.3 Å². The first-order valence-electron chi connectivity index (χ1n) is 14.9. The summed E-state index contributed by atoms with van der Waals surface area (Å²) in [6.45, 7) is -1.98. The minimum Gasteiger partial charge on any atom is -0.394 e. The van der Waals surface area contributed by atoms with Crippen LogP contribution in [0.2, 0.25) is 0 Å². The summed E-state index contributed by atoms with van der Waals surface area (Å²) < 4.78 is 34.3. The van der Waals surface area contributed by atoms with Gasteiger partial charge < -0.3 is 104 Å². The Kier molecular flexibility index (Phi) is 12.8. The molecule has 0 aromatic heterocycles. The molecule has 4 rings (SSSR count). The Labute approximate surface area is 259 Å². The number of ether oxygens (including phenoxy) is 6. The Morgan fingerprint density at radius 3 is 1.18 bits per heavy atom. The van der Waals surface area contributed by atoms with Gasteiger partial charge in [0.15, 0.2) is 12.6 Å². The van der Waals surface area contributed by atoms with E-state index in [1.807, 2.05) is 0 Å². The number of rotatable bonds is 10. The van der Waals surface area contributed by atoms with E-state index in [1.165, 1.54) is 0 Å². The van der Waals surface area contributed by atoms with E-state index in [9.17, 15) is 40.9 Å². The molecule has 20 atom stereocenters. The zero-order valence-electron chi connectivity index (χ0n) is 24.6. The van der Waals surface area contributed by atoms with Crippen LogP contribution in [0, 0.1) is 0 Å². The summed E-state index contributed by atoms with van der Waals surface area (Å²) in [5, 5.41) is 82.6. The highest BCUT2D eigenvalue weighted by Gasteiger charge is 2.51. The van der Waals surface area contributed by atoms with E-state index in [4.69, 9.17) is 62.8 Å². The topological polar surface area (TPSA) is 373 Å². The van der Waals surface area contributed by atoms with Crippen LogP contribution in [0.1, 0.15) is 12.8 Å². The molecule has 20 N–H and O–H groups in total. The summed E-state index contributed by atoms with van der Waals surface area (Å²) in [6, 6.07) is -5.64. The molecule has 4 aliphatic rings. The molecule has 20 nitrogen and oxygen atoms in total. The lowest BCUT2D eigenvalue weighted by atomic mass is 9.84. The van der Waals surface area contributed by atoms with Gasteiger partial charge >= 0.3 is 0 Å². The third kappa shape index (κ3) is 7.76. The molecular weight excluding hydrogens is 608 g/mol. The first-order valence-corrected chi connectivity index (χ1v) is 14.9. The van der Waals surface area contributed by atoms with Gasteiger partial charge in [0.2, 0.25) is 0 Å². The predicted molar refractivity (Wildman–Crippen MR) is 149 cm³/mol. The van der Waals surface area contributed by atoms with Crippen LogP contribution in [0.25, 0.3) is 0 Å². The monoisotopic (exact) mass is 658 g/mol. The lowest BCUT2D eigenvalue weighted by molar-refractivity contribution is -0.320. The second kappa shape index (κ2) is 15.6. The fraction of sp³-hybridized carbons (Fsp3) is 1.00. The fourth-order valence-corrected chi connectivity index (χ4v) is 6.29. The van der Waals surface area contributed by atoms with Crippen LogP contribution in [-0.4, -0.2) is 183 Å². The van der Waals surface area contributed by atoms with Crippen molar-refractivity contribution in [1.82, 2.24) is 0 Å². The van der Waals surface area contributed by atoms with Gasteiger partial charge in [0, 0.05) is 24.2 Å². The molecule has 0 aromatic carbocycles. The molecule has 2 saturated carbocycles. The van der Waals surface area contributed by atoms with Gasteiger partial charge in [-0.2, -0.15) is 0 Å². The van der Waals surface area contributed by atoms with Gasteiger partial charge in [-0.05, 0) is 12.8 Å². The van der Waals surface area contributed by atoms with Crippen LogP contribution >= 0.6 is 0 Å². The number of hydrogen-bond acceptors (Lipinski definition) is 20. The first-order chi connectivity index (χ1) is 21.2. The Bertz CT molecular complexity index is 865. The third-order valence-electron chi connectivity index (χ3n) is 9.09. The van der Waals surface area contributed by atoms with Crippen LogP contribution < -0.4 is 34.4 Å². The maximum Gasteiger partial charge on any atom is 0.176 e. The number of hydrogen-bond donors (Lipinski definition) is 14. The SMILES string of the molecule is NC1C(OCO[C@H]2C(N)[C@H](O[C@H]3C(N)C[C@H](N)C(O)[C@@H]3O)OC(CO)[C@@H]2O)[C@H](O)C(CO)O[C@@H]1O[C@@H]1C(N)C[C@@H](N)[C@@H](O)C1O. The molecule has 2 heterocycles. The van der Waals surface area contributed by atoms with Crippen molar-refractivity contribution in [3.8, 4) is 0 Å². The Hall–Kier alpha value is -0.800. The first kappa shape index (κ1) is 37.0. The van der Waals surface area contributed by atoms with Crippen molar-refractivity contribution in [3.05, 3.63) is 0 Å². The largest absolute Gasteiger partial charge is 0.394 e. The van der Waals surface area contributed by atoms with Gasteiger partial charge in [-0.1, -0.05) is 0 Å². The number of nitrogens with two attached hydrogens (primary N) is 6. The van der Waals surface area contributed by atoms with Gasteiger partial charge in [-0.3, -0.25) is 0 Å². The van der Waals surface area contributed by atoms with Crippen LogP contribution in [0.3, 0.4) is 0 Å². The lowest BCUT2D eigenvalue weighted by Gasteiger charge is -2.47. The third-order valence-corrected chi connectivity index (χ3v) is 9.09. The minimum atomic E-state index is -1.49. The van der Waals surface area contributed by atoms with E-state index in [2.05, 4.69) is 0 Å². The van der Waals surface area contributed by atoms with E-state index < -0.39 is 142 Å². The average Bonchev–Trinajstić information content (AvgIpc) is 3.00. The Morgan fingerprint density at radius 2 is 0.844 bits per heavy atom. The molecule has 2 saturated heterocycles. The van der Waals surface area contributed by atoms with Crippen LogP contribution in [0.5, 0.6) is 0 Å². The molecule has 9 unspecified atom stereocenters. The van der Waals surface area contributed by atoms with Crippen molar-refractivity contribution in [2.24, 2.45) is 34.4 Å². The normalized spacial score (nSPS) is 52.9. The molecule has 20 heteroatoms. The predicted octanol–water partition coefficient (Wildman–Crippen LogP) is -9.14. The molecule has 0 radical (unpaired) electrons. The molecular formula is C25H50N6O14. The van der Waals surface area contributed by atoms with Crippen molar-refractivity contribution in [2.75, 3.05) is 20.0 Å². The quantitative estimate of drug-likeness (QED) is 0.0968. The number of aliphatic hydroxyl groups is 8. The highest BCUT2D eigenvalue weighted by Crippen LogP contribution is 2.31. The molecule has 0 amide bonds. The summed E-state index contributed by atoms with van der Waals surface area (Å²) in [5.74, 6) is 0. The second-order valence-electron chi connectivity index (χ2n) is 12.3. The van der Waals surface area contributed by atoms with Crippen LogP contribution in [0.15, 0.2) is 0 Å². The summed E-state index contributed by atoms with van der Waals surface area (Å²) >= 11 is 0. The summed E-state index contributed by atoms with van der Waals surface area (Å²) in [7, 11) is 0. The summed E-state index contributed by atoms with van der Waals surface area (Å²) in [4.78, 5) is 0. The minimum absolute atomic E-state index is 0.123. The average molecular weight is 659 g/mol. The van der Waals surface area contributed by atoms with Crippen molar-refractivity contribution in [2.45, 2.75) is 135 Å². The number of aliphatic hydroxyl groups excluding tert-OH is 8. The Balaban J connectivity index is 1.41. The van der Waals surface area contributed by atoms with E-state index in [0.29, 0.717) is 0 Å². The van der Waals surface area contributed by atoms with Gasteiger partial charge in [0.1, 0.15) is 67.8 Å². The van der Waals surface area contributed by atoms with Gasteiger partial charge in [-0.25, -0.2) is 0 Å². The van der Waals surface area contributed by atoms with Gasteiger partial charge in [0.25, 0.3) is 0 Å². The molecule has 2 aliphatic carbocycles. The fourth-order valence-electron chi connectivity index (χ4n) is 6.29. The van der Waals surface area contributed by atoms with Crippen LogP contribution in [-0.2, 0) is 28.4 Å². The standard InChI is InChI=1S/C25H50N6O14/c26-6-1-8(28)20(18(38)14(6)34)44-24-12(30)22(16(36)10(3-32)42-24)40-5-41-23-13(31)25(43-11(4-33)17(23)37)45-21-9(29)2-7(27)15(35)19(21)39/h6-25,32-39H,1-5,26-31H2/t6-,7+,8?,9?,10?,11?,12?,13?,14-,15?,16-,17+,18?,19+,20-,21+,22?,23+,24-,25+/m1/s1. The zero-order chi connectivity index (χ0) is 33.3. The lowest BCUT2D eigenvalue weighted by Crippen LogP contribution is -2.68. The van der Waals surface area contributed by atoms with Gasteiger partial charge in [-0.15, -0.1) is 0 Å². The van der Waals surface area contributed by atoms with Gasteiger partial charge in [0.05, 0.1) is 37.5 Å². The summed E-state index contributed by atoms with van der Waals surface area (Å²) in [5.41, 5.74) is 36.4.